The van der Waals surface area contributed by atoms with Crippen LogP contribution in [0.15, 0.2) is 54.6 Å². The van der Waals surface area contributed by atoms with Crippen molar-refractivity contribution in [3.8, 4) is 17.6 Å². The van der Waals surface area contributed by atoms with Gasteiger partial charge in [-0.15, -0.1) is 0 Å². The highest BCUT2D eigenvalue weighted by Crippen LogP contribution is 2.34. The molecule has 0 heterocycles. The number of carbonyl (C=O) groups is 1. The summed E-state index contributed by atoms with van der Waals surface area (Å²) in [7, 11) is 1.66. The molecule has 122 valence electrons. The fourth-order valence-electron chi connectivity index (χ4n) is 3.27. The van der Waals surface area contributed by atoms with Gasteiger partial charge >= 0.3 is 0 Å². The van der Waals surface area contributed by atoms with Crippen molar-refractivity contribution in [2.45, 2.75) is 31.6 Å². The Hall–Kier alpha value is -2.53. The van der Waals surface area contributed by atoms with Crippen LogP contribution in [0.2, 0.25) is 0 Å². The zero-order chi connectivity index (χ0) is 16.8. The highest BCUT2D eigenvalue weighted by atomic mass is 16.5. The third kappa shape index (κ3) is 3.86. The van der Waals surface area contributed by atoms with Crippen LogP contribution in [0.1, 0.15) is 42.7 Å². The highest BCUT2D eigenvalue weighted by Gasteiger charge is 2.30. The van der Waals surface area contributed by atoms with Crippen molar-refractivity contribution in [2.75, 3.05) is 7.11 Å². The topological polar surface area (TPSA) is 26.3 Å². The first-order chi connectivity index (χ1) is 11.8. The molecule has 1 saturated carbocycles. The predicted octanol–water partition coefficient (Wildman–Crippen LogP) is 4.59. The van der Waals surface area contributed by atoms with Gasteiger partial charge in [0.2, 0.25) is 0 Å². The van der Waals surface area contributed by atoms with Gasteiger partial charge in [-0.3, -0.25) is 4.79 Å². The lowest BCUT2D eigenvalue weighted by molar-refractivity contribution is -0.124. The number of ether oxygens (including phenoxy) is 1. The molecule has 24 heavy (non-hydrogen) atoms. The second-order valence-corrected chi connectivity index (χ2v) is 6.20. The molecule has 0 bridgehead atoms. The number of ketones is 1. The van der Waals surface area contributed by atoms with Crippen molar-refractivity contribution in [3.05, 3.63) is 65.7 Å². The number of methoxy groups -OCH3 is 1. The minimum Gasteiger partial charge on any atom is -0.497 e. The number of carbonyl (C=O) groups excluding carboxylic acids is 1. The van der Waals surface area contributed by atoms with Crippen LogP contribution in [-0.4, -0.2) is 12.9 Å². The van der Waals surface area contributed by atoms with Crippen LogP contribution in [0.4, 0.5) is 0 Å². The molecule has 1 aliphatic carbocycles. The Kier molecular flexibility index (Phi) is 5.33. The van der Waals surface area contributed by atoms with Gasteiger partial charge in [0.1, 0.15) is 11.5 Å². The van der Waals surface area contributed by atoms with Crippen LogP contribution in [0.5, 0.6) is 5.75 Å². The summed E-state index contributed by atoms with van der Waals surface area (Å²) >= 11 is 0. The third-order valence-electron chi connectivity index (χ3n) is 4.62. The van der Waals surface area contributed by atoms with E-state index in [1.165, 1.54) is 0 Å². The molecule has 0 aromatic heterocycles. The van der Waals surface area contributed by atoms with E-state index in [9.17, 15) is 4.79 Å². The van der Waals surface area contributed by atoms with Crippen molar-refractivity contribution in [1.29, 1.82) is 0 Å². The van der Waals surface area contributed by atoms with Crippen LogP contribution in [0.25, 0.3) is 0 Å². The first-order valence-electron chi connectivity index (χ1n) is 8.51. The first kappa shape index (κ1) is 16.3. The molecular weight excluding hydrogens is 296 g/mol. The van der Waals surface area contributed by atoms with Crippen molar-refractivity contribution in [3.63, 3.8) is 0 Å². The molecule has 0 N–H and O–H groups in total. The maximum absolute atomic E-state index is 12.5. The van der Waals surface area contributed by atoms with Crippen molar-refractivity contribution >= 4 is 5.78 Å². The highest BCUT2D eigenvalue weighted by molar-refractivity contribution is 5.83. The lowest BCUT2D eigenvalue weighted by atomic mass is 9.76. The maximum atomic E-state index is 12.5. The van der Waals surface area contributed by atoms with Crippen LogP contribution >= 0.6 is 0 Å². The zero-order valence-corrected chi connectivity index (χ0v) is 14.0. The van der Waals surface area contributed by atoms with Gasteiger partial charge in [0, 0.05) is 17.9 Å². The van der Waals surface area contributed by atoms with Crippen LogP contribution < -0.4 is 4.74 Å². The Labute approximate surface area is 143 Å². The molecule has 0 aliphatic heterocycles. The van der Waals surface area contributed by atoms with Gasteiger partial charge in [0.15, 0.2) is 0 Å². The lowest BCUT2D eigenvalue weighted by Crippen LogP contribution is -2.25. The molecule has 2 aromatic carbocycles. The molecule has 2 atom stereocenters. The molecule has 1 fully saturated rings. The fraction of sp³-hybridized carbons (Fsp3) is 0.318. The molecule has 0 saturated heterocycles. The summed E-state index contributed by atoms with van der Waals surface area (Å²) in [5, 5.41) is 0. The number of hydrogen-bond donors (Lipinski definition) is 0. The molecule has 2 aromatic rings. The van der Waals surface area contributed by atoms with Crippen molar-refractivity contribution in [2.24, 2.45) is 5.92 Å². The van der Waals surface area contributed by atoms with Gasteiger partial charge < -0.3 is 4.74 Å². The molecule has 2 heteroatoms. The van der Waals surface area contributed by atoms with E-state index in [4.69, 9.17) is 4.74 Å². The summed E-state index contributed by atoms with van der Waals surface area (Å²) in [5.41, 5.74) is 2.08. The SMILES string of the molecule is COc1ccc(C(C#Cc2ccccc2)C2CCCCC2=O)cc1. The molecule has 3 rings (SSSR count). The van der Waals surface area contributed by atoms with E-state index in [0.717, 1.165) is 36.1 Å². The minimum absolute atomic E-state index is 0.00311. The van der Waals surface area contributed by atoms with E-state index in [-0.39, 0.29) is 11.8 Å². The molecule has 2 unspecified atom stereocenters. The average Bonchev–Trinajstić information content (AvgIpc) is 2.64. The number of benzene rings is 2. The van der Waals surface area contributed by atoms with Gasteiger partial charge in [0.25, 0.3) is 0 Å². The third-order valence-corrected chi connectivity index (χ3v) is 4.62. The second-order valence-electron chi connectivity index (χ2n) is 6.20. The van der Waals surface area contributed by atoms with E-state index >= 15 is 0 Å². The van der Waals surface area contributed by atoms with Gasteiger partial charge in [-0.25, -0.2) is 0 Å². The molecule has 0 radical (unpaired) electrons. The van der Waals surface area contributed by atoms with Gasteiger partial charge in [0.05, 0.1) is 13.0 Å². The van der Waals surface area contributed by atoms with Gasteiger partial charge in [-0.2, -0.15) is 0 Å². The molecule has 1 aliphatic rings. The quantitative estimate of drug-likeness (QED) is 0.774. The van der Waals surface area contributed by atoms with Crippen molar-refractivity contribution < 1.29 is 9.53 Å². The second kappa shape index (κ2) is 7.84. The van der Waals surface area contributed by atoms with Crippen molar-refractivity contribution in [1.82, 2.24) is 0 Å². The summed E-state index contributed by atoms with van der Waals surface area (Å²) in [6.07, 6.45) is 3.73. The Morgan fingerprint density at radius 2 is 1.79 bits per heavy atom. The van der Waals surface area contributed by atoms with E-state index in [2.05, 4.69) is 11.8 Å². The summed E-state index contributed by atoms with van der Waals surface area (Å²) in [6, 6.07) is 17.9. The fourth-order valence-corrected chi connectivity index (χ4v) is 3.27. The first-order valence-corrected chi connectivity index (χ1v) is 8.51. The molecular formula is C22H22O2. The average molecular weight is 318 g/mol. The van der Waals surface area contributed by atoms with Crippen LogP contribution in [-0.2, 0) is 4.79 Å². The summed E-state index contributed by atoms with van der Waals surface area (Å²) in [4.78, 5) is 12.5. The Morgan fingerprint density at radius 1 is 1.04 bits per heavy atom. The minimum atomic E-state index is -0.0519. The smallest absolute Gasteiger partial charge is 0.137 e. The largest absolute Gasteiger partial charge is 0.497 e. The maximum Gasteiger partial charge on any atom is 0.137 e. The van der Waals surface area contributed by atoms with Gasteiger partial charge in [-0.05, 0) is 42.7 Å². The summed E-state index contributed by atoms with van der Waals surface area (Å²) < 4.78 is 5.24. The Balaban J connectivity index is 1.93. The number of hydrogen-bond acceptors (Lipinski definition) is 2. The van der Waals surface area contributed by atoms with Crippen LogP contribution in [0.3, 0.4) is 0 Å². The standard InChI is InChI=1S/C22H22O2/c1-24-19-14-12-18(13-15-19)20(21-9-5-6-10-22(21)23)16-11-17-7-3-2-4-8-17/h2-4,7-8,12-15,20-21H,5-6,9-10H2,1H3. The summed E-state index contributed by atoms with van der Waals surface area (Å²) in [6.45, 7) is 0. The monoisotopic (exact) mass is 318 g/mol. The molecule has 0 amide bonds. The number of rotatable bonds is 3. The Morgan fingerprint density at radius 3 is 2.46 bits per heavy atom. The van der Waals surface area contributed by atoms with E-state index in [0.29, 0.717) is 12.2 Å². The van der Waals surface area contributed by atoms with Gasteiger partial charge in [-0.1, -0.05) is 48.6 Å². The molecule has 2 nitrogen and oxygen atoms in total. The zero-order valence-electron chi connectivity index (χ0n) is 14.0. The molecule has 0 spiro atoms. The van der Waals surface area contributed by atoms with E-state index < -0.39 is 0 Å². The van der Waals surface area contributed by atoms with E-state index in [1.54, 1.807) is 7.11 Å². The number of Topliss-reactive ketones (excluding diaryl/α,β-unsaturated/α-hetero) is 1. The predicted molar refractivity (Wildman–Crippen MR) is 96.0 cm³/mol. The lowest BCUT2D eigenvalue weighted by Gasteiger charge is -2.26. The van der Waals surface area contributed by atoms with Crippen LogP contribution in [0, 0.1) is 17.8 Å². The summed E-state index contributed by atoms with van der Waals surface area (Å²) in [5.74, 6) is 7.76. The van der Waals surface area contributed by atoms with E-state index in [1.807, 2.05) is 54.6 Å². The Bertz CT molecular complexity index is 735. The normalized spacial score (nSPS) is 18.4.